The molecule has 1 amide bonds. The Hall–Kier alpha value is -3.37. The molecule has 184 valence electrons. The van der Waals surface area contributed by atoms with Gasteiger partial charge in [0.2, 0.25) is 6.10 Å². The fourth-order valence-electron chi connectivity index (χ4n) is 5.34. The number of nitrogens with two attached hydrogens (primary N) is 1. The fourth-order valence-corrected chi connectivity index (χ4v) is 5.34. The molecule has 2 heterocycles. The molecule has 4 N–H and O–H groups in total. The number of rotatable bonds is 8. The molecule has 1 saturated heterocycles. The van der Waals surface area contributed by atoms with E-state index in [-0.39, 0.29) is 17.3 Å². The van der Waals surface area contributed by atoms with E-state index in [4.69, 9.17) is 15.9 Å². The van der Waals surface area contributed by atoms with E-state index in [1.54, 1.807) is 41.3 Å². The summed E-state index contributed by atoms with van der Waals surface area (Å²) in [5.74, 6) is 0.360. The average molecular weight is 474 g/mol. The molecule has 0 spiro atoms. The van der Waals surface area contributed by atoms with Crippen molar-refractivity contribution in [2.75, 3.05) is 11.4 Å². The van der Waals surface area contributed by atoms with Gasteiger partial charge in [0, 0.05) is 29.3 Å². The number of amidine groups is 1. The minimum Gasteiger partial charge on any atom is -0.474 e. The highest BCUT2D eigenvalue weighted by Crippen LogP contribution is 2.40. The Morgan fingerprint density at radius 1 is 1.29 bits per heavy atom. The summed E-state index contributed by atoms with van der Waals surface area (Å²) in [5, 5.41) is 20.9. The smallest absolute Gasteiger partial charge is 0.272 e. The summed E-state index contributed by atoms with van der Waals surface area (Å²) in [4.78, 5) is 15.3. The molecule has 0 aromatic heterocycles. The van der Waals surface area contributed by atoms with Gasteiger partial charge < -0.3 is 20.7 Å². The van der Waals surface area contributed by atoms with E-state index in [1.165, 1.54) is 19.3 Å². The van der Waals surface area contributed by atoms with E-state index in [1.807, 2.05) is 6.07 Å². The van der Waals surface area contributed by atoms with Gasteiger partial charge >= 0.3 is 0 Å². The standard InChI is InChI=1S/C28H35N5O2/c1-19-8-7-14-28(2,32-19)13-4-3-5-15-33-23-16-20(18-29)11-12-24(23)35-25(27(33)34)21-9-6-10-22(17-21)26(30)31/h6,9-12,16-17,19,25,32H,3-5,7-8,13-15H2,1-2H3,(H3,30,31)/t19-,25?,28+/m0/s1. The Morgan fingerprint density at radius 2 is 2.11 bits per heavy atom. The van der Waals surface area contributed by atoms with Crippen molar-refractivity contribution in [3.05, 3.63) is 59.2 Å². The number of unbranched alkanes of at least 4 members (excludes halogenated alkanes) is 2. The Bertz CT molecular complexity index is 1140. The van der Waals surface area contributed by atoms with Crippen LogP contribution in [0.2, 0.25) is 0 Å². The minimum absolute atomic E-state index is 0.0541. The van der Waals surface area contributed by atoms with Crippen LogP contribution in [-0.4, -0.2) is 29.9 Å². The van der Waals surface area contributed by atoms with Gasteiger partial charge in [0.15, 0.2) is 0 Å². The number of hydrogen-bond acceptors (Lipinski definition) is 5. The number of nitrogens with one attached hydrogen (secondary N) is 2. The number of ether oxygens (including phenoxy) is 1. The number of fused-ring (bicyclic) bond motifs is 1. The lowest BCUT2D eigenvalue weighted by atomic mass is 9.84. The SMILES string of the molecule is C[C@H]1CCC[C@@](C)(CCCCCN2C(=O)C(c3cccc(C(=N)N)c3)Oc3ccc(C#N)cc32)N1. The number of amides is 1. The topological polar surface area (TPSA) is 115 Å². The van der Waals surface area contributed by atoms with Crippen molar-refractivity contribution < 1.29 is 9.53 Å². The number of nitrogen functional groups attached to an aromatic ring is 1. The number of carbonyl (C=O) groups is 1. The number of hydrogen-bond donors (Lipinski definition) is 3. The normalized spacial score (nSPS) is 23.8. The molecule has 2 aromatic carbocycles. The molecule has 2 aliphatic rings. The van der Waals surface area contributed by atoms with Crippen LogP contribution in [0.4, 0.5) is 5.69 Å². The first-order chi connectivity index (χ1) is 16.8. The van der Waals surface area contributed by atoms with Crippen LogP contribution in [0.25, 0.3) is 0 Å². The molecule has 35 heavy (non-hydrogen) atoms. The Morgan fingerprint density at radius 3 is 2.86 bits per heavy atom. The fraction of sp³-hybridized carbons (Fsp3) is 0.464. The monoisotopic (exact) mass is 473 g/mol. The first kappa shape index (κ1) is 24.7. The van der Waals surface area contributed by atoms with E-state index < -0.39 is 6.10 Å². The van der Waals surface area contributed by atoms with Gasteiger partial charge in [-0.1, -0.05) is 37.5 Å². The maximum absolute atomic E-state index is 13.6. The Balaban J connectivity index is 1.47. The van der Waals surface area contributed by atoms with Gasteiger partial charge in [-0.3, -0.25) is 10.2 Å². The lowest BCUT2D eigenvalue weighted by Gasteiger charge is -2.39. The van der Waals surface area contributed by atoms with Crippen molar-refractivity contribution in [3.8, 4) is 11.8 Å². The predicted molar refractivity (Wildman–Crippen MR) is 138 cm³/mol. The molecule has 3 atom stereocenters. The van der Waals surface area contributed by atoms with Crippen LogP contribution in [0.3, 0.4) is 0 Å². The zero-order chi connectivity index (χ0) is 25.0. The van der Waals surface area contributed by atoms with Crippen LogP contribution in [0.1, 0.15) is 81.6 Å². The zero-order valence-electron chi connectivity index (χ0n) is 20.6. The molecule has 0 bridgehead atoms. The van der Waals surface area contributed by atoms with Gasteiger partial charge in [-0.15, -0.1) is 0 Å². The highest BCUT2D eigenvalue weighted by atomic mass is 16.5. The third-order valence-corrected chi connectivity index (χ3v) is 7.19. The maximum Gasteiger partial charge on any atom is 0.272 e. The van der Waals surface area contributed by atoms with E-state index in [2.05, 4.69) is 25.2 Å². The number of carbonyl (C=O) groups excluding carboxylic acids is 1. The highest BCUT2D eigenvalue weighted by Gasteiger charge is 2.36. The van der Waals surface area contributed by atoms with E-state index >= 15 is 0 Å². The van der Waals surface area contributed by atoms with Crippen molar-refractivity contribution >= 4 is 17.4 Å². The van der Waals surface area contributed by atoms with E-state index in [0.29, 0.717) is 40.7 Å². The second-order valence-electron chi connectivity index (χ2n) is 10.1. The Labute approximate surface area is 207 Å². The quantitative estimate of drug-likeness (QED) is 0.290. The first-order valence-corrected chi connectivity index (χ1v) is 12.5. The molecular formula is C28H35N5O2. The third kappa shape index (κ3) is 5.66. The summed E-state index contributed by atoms with van der Waals surface area (Å²) < 4.78 is 6.10. The molecule has 4 rings (SSSR count). The summed E-state index contributed by atoms with van der Waals surface area (Å²) in [7, 11) is 0. The molecule has 0 aliphatic carbocycles. The van der Waals surface area contributed by atoms with E-state index in [9.17, 15) is 10.1 Å². The third-order valence-electron chi connectivity index (χ3n) is 7.19. The summed E-state index contributed by atoms with van der Waals surface area (Å²) >= 11 is 0. The van der Waals surface area contributed by atoms with Gasteiger partial charge in [-0.2, -0.15) is 5.26 Å². The summed E-state index contributed by atoms with van der Waals surface area (Å²) in [6.45, 7) is 5.15. The van der Waals surface area contributed by atoms with Crippen LogP contribution in [0.15, 0.2) is 42.5 Å². The Kier molecular flexibility index (Phi) is 7.42. The van der Waals surface area contributed by atoms with Crippen LogP contribution < -0.4 is 20.7 Å². The highest BCUT2D eigenvalue weighted by molar-refractivity contribution is 6.01. The first-order valence-electron chi connectivity index (χ1n) is 12.5. The van der Waals surface area contributed by atoms with Crippen LogP contribution in [0.5, 0.6) is 5.75 Å². The number of benzene rings is 2. The average Bonchev–Trinajstić information content (AvgIpc) is 2.84. The lowest BCUT2D eigenvalue weighted by molar-refractivity contribution is -0.126. The number of nitrogens with zero attached hydrogens (tertiary/aromatic N) is 2. The van der Waals surface area contributed by atoms with Crippen molar-refractivity contribution in [1.82, 2.24) is 5.32 Å². The van der Waals surface area contributed by atoms with Crippen LogP contribution in [0, 0.1) is 16.7 Å². The second kappa shape index (κ2) is 10.5. The van der Waals surface area contributed by atoms with Crippen molar-refractivity contribution in [1.29, 1.82) is 10.7 Å². The second-order valence-corrected chi connectivity index (χ2v) is 10.1. The van der Waals surface area contributed by atoms with Gasteiger partial charge in [0.25, 0.3) is 5.91 Å². The molecule has 7 nitrogen and oxygen atoms in total. The molecule has 1 fully saturated rings. The number of anilines is 1. The molecule has 0 radical (unpaired) electrons. The summed E-state index contributed by atoms with van der Waals surface area (Å²) in [6, 6.07) is 15.0. The predicted octanol–water partition coefficient (Wildman–Crippen LogP) is 4.79. The van der Waals surface area contributed by atoms with Crippen LogP contribution in [-0.2, 0) is 4.79 Å². The molecule has 7 heteroatoms. The van der Waals surface area contributed by atoms with E-state index in [0.717, 1.165) is 25.7 Å². The minimum atomic E-state index is -0.818. The molecular weight excluding hydrogens is 438 g/mol. The summed E-state index contributed by atoms with van der Waals surface area (Å²) in [5.41, 5.74) is 8.21. The zero-order valence-corrected chi connectivity index (χ0v) is 20.6. The molecule has 0 saturated carbocycles. The van der Waals surface area contributed by atoms with Gasteiger partial charge in [-0.05, 0) is 63.8 Å². The summed E-state index contributed by atoms with van der Waals surface area (Å²) in [6.07, 6.45) is 7.04. The van der Waals surface area contributed by atoms with Gasteiger partial charge in [0.1, 0.15) is 11.6 Å². The molecule has 2 aliphatic heterocycles. The van der Waals surface area contributed by atoms with Crippen molar-refractivity contribution in [2.24, 2.45) is 5.73 Å². The van der Waals surface area contributed by atoms with Crippen LogP contribution >= 0.6 is 0 Å². The molecule has 1 unspecified atom stereocenters. The molecule has 2 aromatic rings. The maximum atomic E-state index is 13.6. The lowest BCUT2D eigenvalue weighted by Crippen LogP contribution is -2.50. The number of piperidine rings is 1. The van der Waals surface area contributed by atoms with Crippen molar-refractivity contribution in [2.45, 2.75) is 76.5 Å². The van der Waals surface area contributed by atoms with Crippen molar-refractivity contribution in [3.63, 3.8) is 0 Å². The van der Waals surface area contributed by atoms with Gasteiger partial charge in [0.05, 0.1) is 17.3 Å². The number of nitriles is 1. The largest absolute Gasteiger partial charge is 0.474 e. The van der Waals surface area contributed by atoms with Gasteiger partial charge in [-0.25, -0.2) is 0 Å².